The van der Waals surface area contributed by atoms with Crippen LogP contribution in [-0.2, 0) is 4.79 Å². The third kappa shape index (κ3) is 2.92. The molecule has 1 amide bonds. The van der Waals surface area contributed by atoms with Gasteiger partial charge in [-0.3, -0.25) is 4.79 Å². The molecule has 1 aromatic rings. The molecule has 1 atom stereocenters. The maximum absolute atomic E-state index is 12.5. The van der Waals surface area contributed by atoms with Crippen molar-refractivity contribution in [3.63, 3.8) is 0 Å². The van der Waals surface area contributed by atoms with Gasteiger partial charge in [0.05, 0.1) is 6.20 Å². The predicted molar refractivity (Wildman–Crippen MR) is 74.2 cm³/mol. The largest absolute Gasteiger partial charge is 0.444 e. The lowest BCUT2D eigenvalue weighted by Gasteiger charge is -2.29. The Balaban J connectivity index is 2.92. The molecular formula is C13H22N4O3. The SMILES string of the molecule is CCC(CC)(C(=O)NC(C)c1ncc(C)o1)/C(N)=N/O. The van der Waals surface area contributed by atoms with Gasteiger partial charge in [0.2, 0.25) is 11.8 Å². The molecule has 0 spiro atoms. The smallest absolute Gasteiger partial charge is 0.234 e. The number of hydrogen-bond donors (Lipinski definition) is 3. The fraction of sp³-hybridized carbons (Fsp3) is 0.615. The minimum atomic E-state index is -1.02. The fourth-order valence-electron chi connectivity index (χ4n) is 2.11. The molecule has 7 heteroatoms. The maximum Gasteiger partial charge on any atom is 0.234 e. The van der Waals surface area contributed by atoms with Gasteiger partial charge >= 0.3 is 0 Å². The third-order valence-corrected chi connectivity index (χ3v) is 3.60. The maximum atomic E-state index is 12.5. The fourth-order valence-corrected chi connectivity index (χ4v) is 2.11. The van der Waals surface area contributed by atoms with Crippen LogP contribution in [0.2, 0.25) is 0 Å². The van der Waals surface area contributed by atoms with Crippen molar-refractivity contribution in [1.29, 1.82) is 0 Å². The number of oxazole rings is 1. The molecule has 1 rings (SSSR count). The summed E-state index contributed by atoms with van der Waals surface area (Å²) in [5.41, 5.74) is 4.67. The number of amidine groups is 1. The zero-order chi connectivity index (χ0) is 15.3. The number of nitrogens with two attached hydrogens (primary N) is 1. The van der Waals surface area contributed by atoms with Gasteiger partial charge in [0.1, 0.15) is 17.2 Å². The van der Waals surface area contributed by atoms with E-state index >= 15 is 0 Å². The highest BCUT2D eigenvalue weighted by molar-refractivity contribution is 6.06. The summed E-state index contributed by atoms with van der Waals surface area (Å²) in [6.45, 7) is 7.19. The van der Waals surface area contributed by atoms with E-state index in [1.807, 2.05) is 13.8 Å². The third-order valence-electron chi connectivity index (χ3n) is 3.60. The summed E-state index contributed by atoms with van der Waals surface area (Å²) in [5.74, 6) is 0.711. The van der Waals surface area contributed by atoms with Crippen molar-refractivity contribution in [3.8, 4) is 0 Å². The molecule has 4 N–H and O–H groups in total. The van der Waals surface area contributed by atoms with Gasteiger partial charge in [-0.25, -0.2) is 4.98 Å². The zero-order valence-corrected chi connectivity index (χ0v) is 12.3. The molecule has 20 heavy (non-hydrogen) atoms. The summed E-state index contributed by atoms with van der Waals surface area (Å²) in [5, 5.41) is 14.7. The first kappa shape index (κ1) is 16.0. The second-order valence-corrected chi connectivity index (χ2v) is 4.78. The number of hydrogen-bond acceptors (Lipinski definition) is 5. The van der Waals surface area contributed by atoms with Gasteiger partial charge in [-0.1, -0.05) is 19.0 Å². The van der Waals surface area contributed by atoms with Gasteiger partial charge in [-0.2, -0.15) is 0 Å². The average Bonchev–Trinajstić information content (AvgIpc) is 2.87. The van der Waals surface area contributed by atoms with E-state index in [2.05, 4.69) is 15.5 Å². The number of amides is 1. The summed E-state index contributed by atoms with van der Waals surface area (Å²) < 4.78 is 5.38. The predicted octanol–water partition coefficient (Wildman–Crippen LogP) is 1.71. The first-order valence-electron chi connectivity index (χ1n) is 6.62. The molecule has 0 radical (unpaired) electrons. The van der Waals surface area contributed by atoms with Crippen LogP contribution < -0.4 is 11.1 Å². The summed E-state index contributed by atoms with van der Waals surface area (Å²) in [6.07, 6.45) is 2.46. The number of nitrogens with zero attached hydrogens (tertiary/aromatic N) is 2. The van der Waals surface area contributed by atoms with Crippen molar-refractivity contribution in [2.45, 2.75) is 46.6 Å². The molecule has 0 fully saturated rings. The van der Waals surface area contributed by atoms with Crippen LogP contribution in [0.4, 0.5) is 0 Å². The van der Waals surface area contributed by atoms with Crippen LogP contribution in [-0.4, -0.2) is 21.9 Å². The molecule has 0 saturated carbocycles. The van der Waals surface area contributed by atoms with Crippen LogP contribution >= 0.6 is 0 Å². The minimum Gasteiger partial charge on any atom is -0.444 e. The number of oxime groups is 1. The van der Waals surface area contributed by atoms with Crippen molar-refractivity contribution in [3.05, 3.63) is 17.8 Å². The topological polar surface area (TPSA) is 114 Å². The zero-order valence-electron chi connectivity index (χ0n) is 12.3. The lowest BCUT2D eigenvalue weighted by atomic mass is 9.80. The van der Waals surface area contributed by atoms with Crippen LogP contribution in [0.15, 0.2) is 15.8 Å². The lowest BCUT2D eigenvalue weighted by Crippen LogP contribution is -2.49. The standard InChI is InChI=1S/C13H22N4O3/c1-5-13(6-2,11(14)17-19)12(18)16-9(4)10-15-7-8(3)20-10/h7,9,19H,5-6H2,1-4H3,(H2,14,17)(H,16,18). The highest BCUT2D eigenvalue weighted by Crippen LogP contribution is 2.28. The number of carbonyl (C=O) groups is 1. The number of rotatable bonds is 6. The van der Waals surface area contributed by atoms with Crippen molar-refractivity contribution in [2.75, 3.05) is 0 Å². The minimum absolute atomic E-state index is 0.0872. The highest BCUT2D eigenvalue weighted by atomic mass is 16.4. The van der Waals surface area contributed by atoms with Crippen LogP contribution in [0.1, 0.15) is 51.3 Å². The first-order valence-corrected chi connectivity index (χ1v) is 6.62. The van der Waals surface area contributed by atoms with Gasteiger partial charge < -0.3 is 20.7 Å². The van der Waals surface area contributed by atoms with Crippen LogP contribution in [0.25, 0.3) is 0 Å². The van der Waals surface area contributed by atoms with E-state index in [1.165, 1.54) is 0 Å². The van der Waals surface area contributed by atoms with E-state index in [4.69, 9.17) is 15.4 Å². The van der Waals surface area contributed by atoms with Crippen molar-refractivity contribution in [1.82, 2.24) is 10.3 Å². The molecule has 0 aliphatic carbocycles. The quantitative estimate of drug-likeness (QED) is 0.318. The van der Waals surface area contributed by atoms with Crippen molar-refractivity contribution in [2.24, 2.45) is 16.3 Å². The molecule has 7 nitrogen and oxygen atoms in total. The summed E-state index contributed by atoms with van der Waals surface area (Å²) in [6, 6.07) is -0.389. The lowest BCUT2D eigenvalue weighted by molar-refractivity contribution is -0.128. The molecule has 1 aromatic heterocycles. The molecule has 1 unspecified atom stereocenters. The van der Waals surface area contributed by atoms with Gasteiger partial charge in [0, 0.05) is 0 Å². The van der Waals surface area contributed by atoms with E-state index in [0.717, 1.165) is 0 Å². The van der Waals surface area contributed by atoms with Gasteiger partial charge in [0.25, 0.3) is 0 Å². The molecule has 0 bridgehead atoms. The van der Waals surface area contributed by atoms with Gasteiger partial charge in [0.15, 0.2) is 5.84 Å². The Bertz CT molecular complexity index is 492. The Morgan fingerprint density at radius 2 is 2.20 bits per heavy atom. The number of nitrogens with one attached hydrogen (secondary N) is 1. The van der Waals surface area contributed by atoms with E-state index in [0.29, 0.717) is 24.5 Å². The van der Waals surface area contributed by atoms with Crippen LogP contribution in [0.5, 0.6) is 0 Å². The molecule has 0 aliphatic heterocycles. The Kier molecular flexibility index (Phi) is 5.12. The Labute approximate surface area is 118 Å². The van der Waals surface area contributed by atoms with Crippen molar-refractivity contribution >= 4 is 11.7 Å². The Morgan fingerprint density at radius 3 is 2.60 bits per heavy atom. The summed E-state index contributed by atoms with van der Waals surface area (Å²) in [4.78, 5) is 16.5. The van der Waals surface area contributed by atoms with E-state index in [9.17, 15) is 4.79 Å². The normalized spacial score (nSPS) is 14.1. The molecule has 0 aromatic carbocycles. The average molecular weight is 282 g/mol. The first-order chi connectivity index (χ1) is 9.41. The molecule has 0 aliphatic rings. The van der Waals surface area contributed by atoms with Gasteiger partial charge in [-0.15, -0.1) is 0 Å². The van der Waals surface area contributed by atoms with E-state index in [1.54, 1.807) is 20.0 Å². The second-order valence-electron chi connectivity index (χ2n) is 4.78. The monoisotopic (exact) mass is 282 g/mol. The van der Waals surface area contributed by atoms with Crippen molar-refractivity contribution < 1.29 is 14.4 Å². The Hall–Kier alpha value is -2.05. The second kappa shape index (κ2) is 6.40. The van der Waals surface area contributed by atoms with E-state index in [-0.39, 0.29) is 17.8 Å². The molecule has 112 valence electrons. The molecule has 1 heterocycles. The highest BCUT2D eigenvalue weighted by Gasteiger charge is 2.40. The number of aromatic nitrogens is 1. The summed E-state index contributed by atoms with van der Waals surface area (Å²) >= 11 is 0. The summed E-state index contributed by atoms with van der Waals surface area (Å²) in [7, 11) is 0. The number of aryl methyl sites for hydroxylation is 1. The Morgan fingerprint density at radius 1 is 1.60 bits per heavy atom. The molecule has 0 saturated heterocycles. The van der Waals surface area contributed by atoms with Crippen LogP contribution in [0.3, 0.4) is 0 Å². The molecular weight excluding hydrogens is 260 g/mol. The number of carbonyl (C=O) groups excluding carboxylic acids is 1. The van der Waals surface area contributed by atoms with E-state index < -0.39 is 5.41 Å². The van der Waals surface area contributed by atoms with Crippen LogP contribution in [0, 0.1) is 12.3 Å². The van der Waals surface area contributed by atoms with Gasteiger partial charge in [-0.05, 0) is 26.7 Å².